The van der Waals surface area contributed by atoms with E-state index in [-0.39, 0.29) is 12.4 Å². The Balaban J connectivity index is 2.95. The van der Waals surface area contributed by atoms with E-state index in [1.54, 1.807) is 6.92 Å². The molecule has 0 fully saturated rings. The van der Waals surface area contributed by atoms with Crippen LogP contribution in [0.5, 0.6) is 0 Å². The SMILES string of the molecule is CCCCCN(CCC(=O)O)c1sc(C)cc1C(=O)OCC. The second-order valence-electron chi connectivity index (χ2n) is 5.13. The molecule has 1 aromatic heterocycles. The van der Waals surface area contributed by atoms with Crippen LogP contribution in [0.2, 0.25) is 0 Å². The van der Waals surface area contributed by atoms with Gasteiger partial charge < -0.3 is 14.7 Å². The van der Waals surface area contributed by atoms with E-state index in [2.05, 4.69) is 6.92 Å². The Morgan fingerprint density at radius 2 is 2.00 bits per heavy atom. The molecule has 1 N–H and O–H groups in total. The lowest BCUT2D eigenvalue weighted by Gasteiger charge is -2.23. The number of unbranched alkanes of at least 4 members (excludes halogenated alkanes) is 2. The molecule has 0 bridgehead atoms. The molecule has 0 radical (unpaired) electrons. The van der Waals surface area contributed by atoms with Gasteiger partial charge in [-0.3, -0.25) is 4.79 Å². The summed E-state index contributed by atoms with van der Waals surface area (Å²) in [5.74, 6) is -1.16. The third-order valence-corrected chi connectivity index (χ3v) is 4.36. The van der Waals surface area contributed by atoms with Crippen molar-refractivity contribution in [1.82, 2.24) is 0 Å². The zero-order valence-corrected chi connectivity index (χ0v) is 14.4. The van der Waals surface area contributed by atoms with Crippen molar-refractivity contribution in [2.45, 2.75) is 46.5 Å². The van der Waals surface area contributed by atoms with Crippen LogP contribution >= 0.6 is 11.3 Å². The van der Waals surface area contributed by atoms with Gasteiger partial charge in [0.15, 0.2) is 0 Å². The van der Waals surface area contributed by atoms with E-state index < -0.39 is 5.97 Å². The van der Waals surface area contributed by atoms with Crippen LogP contribution in [0.15, 0.2) is 6.07 Å². The number of hydrogen-bond acceptors (Lipinski definition) is 5. The molecule has 1 heterocycles. The molecule has 124 valence electrons. The molecule has 0 aliphatic rings. The number of ether oxygens (including phenoxy) is 1. The standard InChI is InChI=1S/C16H25NO4S/c1-4-6-7-9-17(10-8-14(18)19)15-13(11-12(3)22-15)16(20)21-5-2/h11H,4-10H2,1-3H3,(H,18,19). The number of rotatable bonds is 10. The minimum Gasteiger partial charge on any atom is -0.481 e. The Labute approximate surface area is 135 Å². The number of thiophene rings is 1. The predicted molar refractivity (Wildman–Crippen MR) is 89.0 cm³/mol. The second kappa shape index (κ2) is 9.46. The summed E-state index contributed by atoms with van der Waals surface area (Å²) in [6.07, 6.45) is 3.23. The molecule has 0 aliphatic heterocycles. The van der Waals surface area contributed by atoms with Gasteiger partial charge in [-0.25, -0.2) is 4.79 Å². The Morgan fingerprint density at radius 1 is 1.27 bits per heavy atom. The van der Waals surface area contributed by atoms with Crippen molar-refractivity contribution in [1.29, 1.82) is 0 Å². The first kappa shape index (κ1) is 18.5. The smallest absolute Gasteiger partial charge is 0.341 e. The molecule has 0 spiro atoms. The zero-order valence-electron chi connectivity index (χ0n) is 13.6. The summed E-state index contributed by atoms with van der Waals surface area (Å²) < 4.78 is 5.11. The molecular weight excluding hydrogens is 302 g/mol. The largest absolute Gasteiger partial charge is 0.481 e. The van der Waals surface area contributed by atoms with Crippen molar-refractivity contribution >= 4 is 28.3 Å². The lowest BCUT2D eigenvalue weighted by atomic mass is 10.2. The number of anilines is 1. The van der Waals surface area contributed by atoms with Gasteiger partial charge in [0.05, 0.1) is 18.6 Å². The topological polar surface area (TPSA) is 66.8 Å². The van der Waals surface area contributed by atoms with Crippen molar-refractivity contribution in [2.75, 3.05) is 24.6 Å². The van der Waals surface area contributed by atoms with Crippen LogP contribution < -0.4 is 4.90 Å². The fourth-order valence-electron chi connectivity index (χ4n) is 2.19. The van der Waals surface area contributed by atoms with Crippen molar-refractivity contribution in [3.63, 3.8) is 0 Å². The van der Waals surface area contributed by atoms with Gasteiger partial charge in [0.2, 0.25) is 0 Å². The van der Waals surface area contributed by atoms with Gasteiger partial charge in [-0.15, -0.1) is 11.3 Å². The van der Waals surface area contributed by atoms with Gasteiger partial charge in [-0.05, 0) is 26.3 Å². The van der Waals surface area contributed by atoms with Crippen LogP contribution in [0.4, 0.5) is 5.00 Å². The minimum atomic E-state index is -0.827. The van der Waals surface area contributed by atoms with Gasteiger partial charge >= 0.3 is 11.9 Å². The quantitative estimate of drug-likeness (QED) is 0.524. The Bertz CT molecular complexity index is 498. The summed E-state index contributed by atoms with van der Waals surface area (Å²) in [6.45, 7) is 7.34. The van der Waals surface area contributed by atoms with Gasteiger partial charge in [0.25, 0.3) is 0 Å². The average molecular weight is 327 g/mol. The summed E-state index contributed by atoms with van der Waals surface area (Å²) >= 11 is 1.52. The highest BCUT2D eigenvalue weighted by atomic mass is 32.1. The summed E-state index contributed by atoms with van der Waals surface area (Å²) in [6, 6.07) is 1.82. The van der Waals surface area contributed by atoms with E-state index in [0.717, 1.165) is 35.7 Å². The van der Waals surface area contributed by atoms with E-state index in [1.165, 1.54) is 11.3 Å². The lowest BCUT2D eigenvalue weighted by Crippen LogP contribution is -2.28. The fourth-order valence-corrected chi connectivity index (χ4v) is 3.24. The van der Waals surface area contributed by atoms with Crippen LogP contribution in [0, 0.1) is 6.92 Å². The molecule has 6 heteroatoms. The van der Waals surface area contributed by atoms with E-state index >= 15 is 0 Å². The van der Waals surface area contributed by atoms with Crippen LogP contribution in [0.3, 0.4) is 0 Å². The van der Waals surface area contributed by atoms with Crippen LogP contribution in [0.25, 0.3) is 0 Å². The van der Waals surface area contributed by atoms with Crippen molar-refractivity contribution < 1.29 is 19.4 Å². The van der Waals surface area contributed by atoms with E-state index in [0.29, 0.717) is 18.7 Å². The zero-order chi connectivity index (χ0) is 16.5. The monoisotopic (exact) mass is 327 g/mol. The Kier molecular flexibility index (Phi) is 7.95. The molecule has 0 unspecified atom stereocenters. The first-order valence-electron chi connectivity index (χ1n) is 7.73. The number of carbonyl (C=O) groups is 2. The molecular formula is C16H25NO4S. The first-order valence-corrected chi connectivity index (χ1v) is 8.55. The molecule has 0 saturated heterocycles. The maximum atomic E-state index is 12.1. The third-order valence-electron chi connectivity index (χ3n) is 3.25. The second-order valence-corrected chi connectivity index (χ2v) is 6.37. The summed E-state index contributed by atoms with van der Waals surface area (Å²) in [4.78, 5) is 26.0. The maximum absolute atomic E-state index is 12.1. The van der Waals surface area contributed by atoms with E-state index in [1.807, 2.05) is 17.9 Å². The van der Waals surface area contributed by atoms with Gasteiger partial charge in [-0.2, -0.15) is 0 Å². The van der Waals surface area contributed by atoms with Gasteiger partial charge in [0.1, 0.15) is 5.00 Å². The molecule has 0 aliphatic carbocycles. The van der Waals surface area contributed by atoms with Crippen LogP contribution in [-0.2, 0) is 9.53 Å². The van der Waals surface area contributed by atoms with Crippen molar-refractivity contribution in [3.05, 3.63) is 16.5 Å². The predicted octanol–water partition coefficient (Wildman–Crippen LogP) is 3.70. The van der Waals surface area contributed by atoms with Gasteiger partial charge in [0, 0.05) is 18.0 Å². The summed E-state index contributed by atoms with van der Waals surface area (Å²) in [7, 11) is 0. The van der Waals surface area contributed by atoms with E-state index in [9.17, 15) is 9.59 Å². The average Bonchev–Trinajstić information content (AvgIpc) is 2.84. The third kappa shape index (κ3) is 5.67. The number of hydrogen-bond donors (Lipinski definition) is 1. The maximum Gasteiger partial charge on any atom is 0.341 e. The molecule has 1 aromatic rings. The molecule has 0 atom stereocenters. The number of aryl methyl sites for hydroxylation is 1. The molecule has 0 aromatic carbocycles. The fraction of sp³-hybridized carbons (Fsp3) is 0.625. The van der Waals surface area contributed by atoms with E-state index in [4.69, 9.17) is 9.84 Å². The first-order chi connectivity index (χ1) is 10.5. The van der Waals surface area contributed by atoms with Gasteiger partial charge in [-0.1, -0.05) is 19.8 Å². The number of carboxylic acids is 1. The lowest BCUT2D eigenvalue weighted by molar-refractivity contribution is -0.136. The van der Waals surface area contributed by atoms with Crippen LogP contribution in [-0.4, -0.2) is 36.7 Å². The summed E-state index contributed by atoms with van der Waals surface area (Å²) in [5.41, 5.74) is 0.547. The number of carbonyl (C=O) groups excluding carboxylic acids is 1. The summed E-state index contributed by atoms with van der Waals surface area (Å²) in [5, 5.41) is 9.76. The molecule has 0 amide bonds. The highest BCUT2D eigenvalue weighted by Crippen LogP contribution is 2.32. The number of esters is 1. The number of carboxylic acid groups (broad SMARTS) is 1. The van der Waals surface area contributed by atoms with Crippen molar-refractivity contribution in [2.24, 2.45) is 0 Å². The number of aliphatic carboxylic acids is 1. The minimum absolute atomic E-state index is 0.0609. The van der Waals surface area contributed by atoms with Crippen LogP contribution in [0.1, 0.15) is 54.8 Å². The number of nitrogens with zero attached hydrogens (tertiary/aromatic N) is 1. The Hall–Kier alpha value is -1.56. The highest BCUT2D eigenvalue weighted by molar-refractivity contribution is 7.16. The molecule has 0 saturated carbocycles. The normalized spacial score (nSPS) is 10.5. The highest BCUT2D eigenvalue weighted by Gasteiger charge is 2.21. The molecule has 22 heavy (non-hydrogen) atoms. The molecule has 1 rings (SSSR count). The molecule has 5 nitrogen and oxygen atoms in total. The van der Waals surface area contributed by atoms with Crippen molar-refractivity contribution in [3.8, 4) is 0 Å². The Morgan fingerprint density at radius 3 is 2.59 bits per heavy atom.